The highest BCUT2D eigenvalue weighted by molar-refractivity contribution is 5.92. The number of non-ortho nitro benzene ring substituents is 1. The van der Waals surface area contributed by atoms with E-state index in [-0.39, 0.29) is 17.6 Å². The molecule has 3 aromatic carbocycles. The molecule has 3 rings (SSSR count). The molecule has 1 N–H and O–H groups in total. The molecule has 28 heavy (non-hydrogen) atoms. The highest BCUT2D eigenvalue weighted by Crippen LogP contribution is 2.22. The zero-order valence-corrected chi connectivity index (χ0v) is 15.4. The molecular weight excluding hydrogens is 352 g/mol. The molecule has 0 aliphatic carbocycles. The van der Waals surface area contributed by atoms with E-state index in [1.807, 2.05) is 61.5 Å². The van der Waals surface area contributed by atoms with Crippen LogP contribution >= 0.6 is 0 Å². The molecule has 0 aromatic heterocycles. The van der Waals surface area contributed by atoms with Crippen molar-refractivity contribution < 1.29 is 9.72 Å². The number of nitro groups is 1. The van der Waals surface area contributed by atoms with Gasteiger partial charge in [-0.25, -0.2) is 0 Å². The number of hydrogen-bond acceptors (Lipinski definition) is 3. The minimum Gasteiger partial charge on any atom is -0.342 e. The van der Waals surface area contributed by atoms with E-state index in [1.54, 1.807) is 18.2 Å². The summed E-state index contributed by atoms with van der Waals surface area (Å²) in [6.07, 6.45) is 2.96. The molecule has 0 saturated heterocycles. The minimum absolute atomic E-state index is 0.00984. The summed E-state index contributed by atoms with van der Waals surface area (Å²) in [4.78, 5) is 22.9. The molecule has 5 heteroatoms. The van der Waals surface area contributed by atoms with Crippen LogP contribution in [0.4, 0.5) is 5.69 Å². The van der Waals surface area contributed by atoms with Crippen molar-refractivity contribution in [3.8, 4) is 0 Å². The number of rotatable bonds is 6. The van der Waals surface area contributed by atoms with Crippen LogP contribution in [0.25, 0.3) is 6.08 Å². The molecule has 0 saturated carbocycles. The smallest absolute Gasteiger partial charge is 0.270 e. The van der Waals surface area contributed by atoms with Gasteiger partial charge in [0.15, 0.2) is 0 Å². The molecule has 0 radical (unpaired) electrons. The third-order valence-electron chi connectivity index (χ3n) is 4.34. The molecule has 0 spiro atoms. The topological polar surface area (TPSA) is 72.2 Å². The van der Waals surface area contributed by atoms with Crippen molar-refractivity contribution in [3.05, 3.63) is 117 Å². The van der Waals surface area contributed by atoms with Gasteiger partial charge < -0.3 is 5.32 Å². The van der Waals surface area contributed by atoms with Crippen LogP contribution in [0.15, 0.2) is 84.9 Å². The molecule has 140 valence electrons. The van der Waals surface area contributed by atoms with Gasteiger partial charge in [0.2, 0.25) is 5.91 Å². The minimum atomic E-state index is -0.458. The largest absolute Gasteiger partial charge is 0.342 e. The molecule has 0 bridgehead atoms. The van der Waals surface area contributed by atoms with Crippen LogP contribution in [0.1, 0.15) is 28.3 Å². The molecule has 3 aromatic rings. The number of nitrogens with zero attached hydrogens (tertiary/aromatic N) is 1. The van der Waals surface area contributed by atoms with E-state index in [0.717, 1.165) is 16.7 Å². The summed E-state index contributed by atoms with van der Waals surface area (Å²) in [5, 5.41) is 13.9. The van der Waals surface area contributed by atoms with E-state index in [1.165, 1.54) is 18.2 Å². The maximum Gasteiger partial charge on any atom is 0.270 e. The lowest BCUT2D eigenvalue weighted by molar-refractivity contribution is -0.384. The van der Waals surface area contributed by atoms with Gasteiger partial charge in [0.1, 0.15) is 0 Å². The number of nitro benzene ring substituents is 1. The number of amides is 1. The summed E-state index contributed by atoms with van der Waals surface area (Å²) in [5.41, 5.74) is 3.69. The van der Waals surface area contributed by atoms with E-state index >= 15 is 0 Å². The maximum absolute atomic E-state index is 12.5. The van der Waals surface area contributed by atoms with E-state index in [2.05, 4.69) is 5.32 Å². The third-order valence-corrected chi connectivity index (χ3v) is 4.34. The highest BCUT2D eigenvalue weighted by Gasteiger charge is 2.15. The average Bonchev–Trinajstić information content (AvgIpc) is 2.72. The second-order valence-electron chi connectivity index (χ2n) is 6.45. The summed E-state index contributed by atoms with van der Waals surface area (Å²) < 4.78 is 0. The number of carbonyl (C=O) groups excluding carboxylic acids is 1. The summed E-state index contributed by atoms with van der Waals surface area (Å²) >= 11 is 0. The predicted octanol–water partition coefficient (Wildman–Crippen LogP) is 4.82. The monoisotopic (exact) mass is 372 g/mol. The Labute approximate surface area is 163 Å². The lowest BCUT2D eigenvalue weighted by Crippen LogP contribution is -2.27. The van der Waals surface area contributed by atoms with Crippen LogP contribution in [-0.2, 0) is 4.79 Å². The predicted molar refractivity (Wildman–Crippen MR) is 110 cm³/mol. The van der Waals surface area contributed by atoms with Crippen LogP contribution in [0.3, 0.4) is 0 Å². The molecule has 1 atom stereocenters. The Kier molecular flexibility index (Phi) is 5.97. The Morgan fingerprint density at radius 3 is 2.32 bits per heavy atom. The number of carbonyl (C=O) groups is 1. The van der Waals surface area contributed by atoms with Crippen LogP contribution in [-0.4, -0.2) is 10.8 Å². The van der Waals surface area contributed by atoms with Gasteiger partial charge in [0.05, 0.1) is 11.0 Å². The number of hydrogen-bond donors (Lipinski definition) is 1. The Morgan fingerprint density at radius 1 is 0.964 bits per heavy atom. The first-order valence-electron chi connectivity index (χ1n) is 8.87. The van der Waals surface area contributed by atoms with Gasteiger partial charge in [0, 0.05) is 18.2 Å². The normalized spacial score (nSPS) is 11.9. The Bertz CT molecular complexity index is 996. The van der Waals surface area contributed by atoms with Crippen molar-refractivity contribution in [2.24, 2.45) is 0 Å². The van der Waals surface area contributed by atoms with Crippen LogP contribution < -0.4 is 5.32 Å². The first-order valence-corrected chi connectivity index (χ1v) is 8.87. The Morgan fingerprint density at radius 2 is 1.64 bits per heavy atom. The van der Waals surface area contributed by atoms with Crippen molar-refractivity contribution in [3.63, 3.8) is 0 Å². The zero-order chi connectivity index (χ0) is 19.9. The molecule has 0 fully saturated rings. The quantitative estimate of drug-likeness (QED) is 0.383. The van der Waals surface area contributed by atoms with Gasteiger partial charge in [-0.2, -0.15) is 0 Å². The van der Waals surface area contributed by atoms with Crippen LogP contribution in [0.2, 0.25) is 0 Å². The standard InChI is InChI=1S/C23H20N2O3/c1-17-10-13-20(14-11-17)23(19-7-3-2-4-8-19)24-22(26)15-12-18-6-5-9-21(16-18)25(27)28/h2-16,23H,1H3,(H,24,26)/b15-12+. The molecule has 1 unspecified atom stereocenters. The molecular formula is C23H20N2O3. The molecule has 0 heterocycles. The van der Waals surface area contributed by atoms with Crippen molar-refractivity contribution in [2.45, 2.75) is 13.0 Å². The van der Waals surface area contributed by atoms with Gasteiger partial charge in [-0.3, -0.25) is 14.9 Å². The van der Waals surface area contributed by atoms with Crippen molar-refractivity contribution in [1.29, 1.82) is 0 Å². The van der Waals surface area contributed by atoms with E-state index in [0.29, 0.717) is 5.56 Å². The Balaban J connectivity index is 1.80. The van der Waals surface area contributed by atoms with E-state index < -0.39 is 4.92 Å². The number of nitrogens with one attached hydrogen (secondary N) is 1. The lowest BCUT2D eigenvalue weighted by Gasteiger charge is -2.19. The van der Waals surface area contributed by atoms with E-state index in [4.69, 9.17) is 0 Å². The summed E-state index contributed by atoms with van der Waals surface area (Å²) in [6.45, 7) is 2.02. The van der Waals surface area contributed by atoms with Gasteiger partial charge in [-0.05, 0) is 29.7 Å². The molecule has 1 amide bonds. The van der Waals surface area contributed by atoms with Crippen LogP contribution in [0, 0.1) is 17.0 Å². The summed E-state index contributed by atoms with van der Waals surface area (Å²) in [6, 6.07) is 23.6. The van der Waals surface area contributed by atoms with Gasteiger partial charge >= 0.3 is 0 Å². The number of benzene rings is 3. The molecule has 0 aliphatic rings. The summed E-state index contributed by atoms with van der Waals surface area (Å²) in [7, 11) is 0. The first kappa shape index (κ1) is 19.0. The molecule has 0 aliphatic heterocycles. The van der Waals surface area contributed by atoms with Gasteiger partial charge in [-0.15, -0.1) is 0 Å². The molecule has 5 nitrogen and oxygen atoms in total. The number of aryl methyl sites for hydroxylation is 1. The van der Waals surface area contributed by atoms with Gasteiger partial charge in [-0.1, -0.05) is 72.3 Å². The highest BCUT2D eigenvalue weighted by atomic mass is 16.6. The fourth-order valence-electron chi connectivity index (χ4n) is 2.87. The van der Waals surface area contributed by atoms with Crippen molar-refractivity contribution >= 4 is 17.7 Å². The average molecular weight is 372 g/mol. The third kappa shape index (κ3) is 4.92. The maximum atomic E-state index is 12.5. The zero-order valence-electron chi connectivity index (χ0n) is 15.4. The fourth-order valence-corrected chi connectivity index (χ4v) is 2.87. The van der Waals surface area contributed by atoms with E-state index in [9.17, 15) is 14.9 Å². The second-order valence-corrected chi connectivity index (χ2v) is 6.45. The first-order chi connectivity index (χ1) is 13.5. The fraction of sp³-hybridized carbons (Fsp3) is 0.0870. The van der Waals surface area contributed by atoms with Crippen molar-refractivity contribution in [2.75, 3.05) is 0 Å². The Hall–Kier alpha value is -3.73. The SMILES string of the molecule is Cc1ccc(C(NC(=O)/C=C/c2cccc([N+](=O)[O-])c2)c2ccccc2)cc1. The van der Waals surface area contributed by atoms with Crippen molar-refractivity contribution in [1.82, 2.24) is 5.32 Å². The van der Waals surface area contributed by atoms with Crippen LogP contribution in [0.5, 0.6) is 0 Å². The van der Waals surface area contributed by atoms with Gasteiger partial charge in [0.25, 0.3) is 5.69 Å². The lowest BCUT2D eigenvalue weighted by atomic mass is 9.98. The summed E-state index contributed by atoms with van der Waals surface area (Å²) in [5.74, 6) is -0.277. The second kappa shape index (κ2) is 8.77.